The molecular weight excluding hydrogens is 569 g/mol. The van der Waals surface area contributed by atoms with Crippen molar-refractivity contribution < 1.29 is 9.53 Å². The molecule has 3 aromatic rings. The number of hydrazone groups is 1. The lowest BCUT2D eigenvalue weighted by Gasteiger charge is -2.11. The van der Waals surface area contributed by atoms with E-state index < -0.39 is 0 Å². The number of halogens is 4. The summed E-state index contributed by atoms with van der Waals surface area (Å²) < 4.78 is 7.42. The van der Waals surface area contributed by atoms with Gasteiger partial charge in [-0.15, -0.1) is 0 Å². The van der Waals surface area contributed by atoms with Gasteiger partial charge in [0.15, 0.2) is 0 Å². The van der Waals surface area contributed by atoms with E-state index in [1.165, 1.54) is 0 Å². The van der Waals surface area contributed by atoms with Crippen molar-refractivity contribution in [2.45, 2.75) is 6.61 Å². The Bertz CT molecular complexity index is 1050. The van der Waals surface area contributed by atoms with Crippen LogP contribution in [0.3, 0.4) is 0 Å². The first-order valence-electron chi connectivity index (χ1n) is 9.08. The molecule has 3 aromatic carbocycles. The normalized spacial score (nSPS) is 10.8. The van der Waals surface area contributed by atoms with E-state index >= 15 is 0 Å². The van der Waals surface area contributed by atoms with Gasteiger partial charge in [-0.2, -0.15) is 5.10 Å². The quantitative estimate of drug-likeness (QED) is 0.230. The highest BCUT2D eigenvalue weighted by atomic mass is 79.9. The standard InChI is InChI=1S/C22H17Br2Cl2N3O2/c23-19-9-15(10-20(24)22(19)31-13-14-1-3-16(25)4-2-14)11-28-29-21(30)12-27-18-7-5-17(26)6-8-18/h1-11,27H,12-13H2,(H,29,30)/b28-11-. The van der Waals surface area contributed by atoms with Crippen LogP contribution in [0.2, 0.25) is 10.0 Å². The number of hydrogen-bond donors (Lipinski definition) is 2. The van der Waals surface area contributed by atoms with Crippen molar-refractivity contribution in [3.05, 3.63) is 90.8 Å². The number of hydrogen-bond acceptors (Lipinski definition) is 4. The molecule has 0 spiro atoms. The largest absolute Gasteiger partial charge is 0.487 e. The second-order valence-electron chi connectivity index (χ2n) is 6.38. The molecule has 0 saturated carbocycles. The fourth-order valence-electron chi connectivity index (χ4n) is 2.50. The van der Waals surface area contributed by atoms with E-state index in [9.17, 15) is 4.79 Å². The summed E-state index contributed by atoms with van der Waals surface area (Å²) in [5.74, 6) is 0.399. The topological polar surface area (TPSA) is 62.7 Å². The fraction of sp³-hybridized carbons (Fsp3) is 0.0909. The average molecular weight is 586 g/mol. The molecule has 31 heavy (non-hydrogen) atoms. The van der Waals surface area contributed by atoms with Crippen molar-refractivity contribution in [3.63, 3.8) is 0 Å². The van der Waals surface area contributed by atoms with Crippen LogP contribution in [0.1, 0.15) is 11.1 Å². The van der Waals surface area contributed by atoms with Crippen molar-refractivity contribution >= 4 is 72.9 Å². The lowest BCUT2D eigenvalue weighted by Crippen LogP contribution is -2.25. The maximum absolute atomic E-state index is 11.9. The lowest BCUT2D eigenvalue weighted by molar-refractivity contribution is -0.119. The smallest absolute Gasteiger partial charge is 0.259 e. The Morgan fingerprint density at radius 3 is 2.16 bits per heavy atom. The number of benzene rings is 3. The van der Waals surface area contributed by atoms with Gasteiger partial charge in [0.25, 0.3) is 5.91 Å². The zero-order valence-electron chi connectivity index (χ0n) is 16.0. The summed E-state index contributed by atoms with van der Waals surface area (Å²) in [4.78, 5) is 11.9. The monoisotopic (exact) mass is 583 g/mol. The molecular formula is C22H17Br2Cl2N3O2. The Labute approximate surface area is 207 Å². The first-order valence-corrected chi connectivity index (χ1v) is 11.4. The van der Waals surface area contributed by atoms with Gasteiger partial charge in [0, 0.05) is 15.7 Å². The van der Waals surface area contributed by atoms with E-state index in [1.807, 2.05) is 36.4 Å². The van der Waals surface area contributed by atoms with Gasteiger partial charge in [-0.1, -0.05) is 35.3 Å². The minimum Gasteiger partial charge on any atom is -0.487 e. The van der Waals surface area contributed by atoms with Crippen LogP contribution in [0.4, 0.5) is 5.69 Å². The van der Waals surface area contributed by atoms with Crippen LogP contribution >= 0.6 is 55.1 Å². The molecule has 0 fully saturated rings. The maximum atomic E-state index is 11.9. The zero-order valence-corrected chi connectivity index (χ0v) is 20.7. The number of amides is 1. The Morgan fingerprint density at radius 2 is 1.55 bits per heavy atom. The van der Waals surface area contributed by atoms with E-state index in [2.05, 4.69) is 47.7 Å². The predicted octanol–water partition coefficient (Wildman–Crippen LogP) is 6.66. The van der Waals surface area contributed by atoms with Gasteiger partial charge >= 0.3 is 0 Å². The fourth-order valence-corrected chi connectivity index (χ4v) is 4.20. The van der Waals surface area contributed by atoms with Crippen LogP contribution in [0.25, 0.3) is 0 Å². The Hall–Kier alpha value is -2.06. The minimum atomic E-state index is -0.271. The molecule has 0 aromatic heterocycles. The highest BCUT2D eigenvalue weighted by Gasteiger charge is 2.09. The highest BCUT2D eigenvalue weighted by molar-refractivity contribution is 9.11. The van der Waals surface area contributed by atoms with Gasteiger partial charge in [0.05, 0.1) is 21.7 Å². The number of nitrogens with one attached hydrogen (secondary N) is 2. The van der Waals surface area contributed by atoms with Gasteiger partial charge in [0.1, 0.15) is 12.4 Å². The third-order valence-corrected chi connectivity index (χ3v) is 5.70. The van der Waals surface area contributed by atoms with Gasteiger partial charge in [-0.3, -0.25) is 4.79 Å². The molecule has 0 heterocycles. The molecule has 0 bridgehead atoms. The number of ether oxygens (including phenoxy) is 1. The summed E-state index contributed by atoms with van der Waals surface area (Å²) in [7, 11) is 0. The minimum absolute atomic E-state index is 0.0871. The van der Waals surface area contributed by atoms with Crippen LogP contribution in [0.15, 0.2) is 74.7 Å². The molecule has 0 unspecified atom stereocenters. The third-order valence-electron chi connectivity index (χ3n) is 4.02. The maximum Gasteiger partial charge on any atom is 0.259 e. The third kappa shape index (κ3) is 7.54. The van der Waals surface area contributed by atoms with Gasteiger partial charge in [0.2, 0.25) is 0 Å². The summed E-state index contributed by atoms with van der Waals surface area (Å²) in [6.45, 7) is 0.488. The van der Waals surface area contributed by atoms with Gasteiger partial charge in [-0.05, 0) is 91.5 Å². The number of carbonyl (C=O) groups is 1. The molecule has 0 radical (unpaired) electrons. The summed E-state index contributed by atoms with van der Waals surface area (Å²) in [5.41, 5.74) is 5.07. The first-order chi connectivity index (χ1) is 14.9. The number of anilines is 1. The predicted molar refractivity (Wildman–Crippen MR) is 133 cm³/mol. The van der Waals surface area contributed by atoms with E-state index in [4.69, 9.17) is 27.9 Å². The molecule has 3 rings (SSSR count). The molecule has 5 nitrogen and oxygen atoms in total. The van der Waals surface area contributed by atoms with E-state index in [0.29, 0.717) is 22.4 Å². The second-order valence-corrected chi connectivity index (χ2v) is 8.96. The van der Waals surface area contributed by atoms with Crippen LogP contribution in [-0.4, -0.2) is 18.7 Å². The van der Waals surface area contributed by atoms with Crippen LogP contribution in [-0.2, 0) is 11.4 Å². The molecule has 0 saturated heterocycles. The Kier molecular flexibility index (Phi) is 8.78. The number of rotatable bonds is 8. The van der Waals surface area contributed by atoms with Crippen molar-refractivity contribution in [3.8, 4) is 5.75 Å². The summed E-state index contributed by atoms with van der Waals surface area (Å²) in [5, 5.41) is 8.31. The van der Waals surface area contributed by atoms with E-state index in [1.54, 1.807) is 30.5 Å². The molecule has 0 aliphatic carbocycles. The molecule has 160 valence electrons. The molecule has 0 aliphatic heterocycles. The average Bonchev–Trinajstić information content (AvgIpc) is 2.74. The molecule has 1 amide bonds. The summed E-state index contributed by atoms with van der Waals surface area (Å²) in [6, 6.07) is 18.3. The van der Waals surface area contributed by atoms with Crippen molar-refractivity contribution in [1.29, 1.82) is 0 Å². The van der Waals surface area contributed by atoms with Gasteiger partial charge in [-0.25, -0.2) is 5.43 Å². The van der Waals surface area contributed by atoms with Crippen molar-refractivity contribution in [1.82, 2.24) is 5.43 Å². The second kappa shape index (κ2) is 11.5. The summed E-state index contributed by atoms with van der Waals surface area (Å²) in [6.07, 6.45) is 1.55. The van der Waals surface area contributed by atoms with E-state index in [-0.39, 0.29) is 12.5 Å². The van der Waals surface area contributed by atoms with Crippen molar-refractivity contribution in [2.75, 3.05) is 11.9 Å². The summed E-state index contributed by atoms with van der Waals surface area (Å²) >= 11 is 18.8. The Balaban J connectivity index is 1.52. The van der Waals surface area contributed by atoms with Crippen LogP contribution < -0.4 is 15.5 Å². The van der Waals surface area contributed by atoms with Crippen LogP contribution in [0.5, 0.6) is 5.75 Å². The van der Waals surface area contributed by atoms with Crippen molar-refractivity contribution in [2.24, 2.45) is 5.10 Å². The highest BCUT2D eigenvalue weighted by Crippen LogP contribution is 2.35. The molecule has 9 heteroatoms. The molecule has 2 N–H and O–H groups in total. The number of carbonyl (C=O) groups excluding carboxylic acids is 1. The van der Waals surface area contributed by atoms with E-state index in [0.717, 1.165) is 25.8 Å². The Morgan fingerprint density at radius 1 is 0.968 bits per heavy atom. The van der Waals surface area contributed by atoms with Gasteiger partial charge < -0.3 is 10.1 Å². The number of nitrogens with zero attached hydrogens (tertiary/aromatic N) is 1. The van der Waals surface area contributed by atoms with Crippen LogP contribution in [0, 0.1) is 0 Å². The first kappa shape index (κ1) is 23.6. The lowest BCUT2D eigenvalue weighted by atomic mass is 10.2. The zero-order chi connectivity index (χ0) is 22.2. The molecule has 0 atom stereocenters. The molecule has 0 aliphatic rings. The SMILES string of the molecule is O=C(CNc1ccc(Cl)cc1)N/N=C\c1cc(Br)c(OCc2ccc(Cl)cc2)c(Br)c1.